The summed E-state index contributed by atoms with van der Waals surface area (Å²) < 4.78 is 37.9. The number of aromatic nitrogens is 2. The van der Waals surface area contributed by atoms with Crippen LogP contribution in [0.4, 0.5) is 0 Å². The molecule has 3 aromatic rings. The molecule has 0 bridgehead atoms. The SMILES string of the molecule is COc1ccc(S(=O)(=O)NCCc2[nH]cnc2-c2cccs2)cc1OC. The van der Waals surface area contributed by atoms with E-state index in [-0.39, 0.29) is 11.4 Å². The minimum atomic E-state index is -3.65. The van der Waals surface area contributed by atoms with Gasteiger partial charge in [-0.3, -0.25) is 0 Å². The summed E-state index contributed by atoms with van der Waals surface area (Å²) in [7, 11) is -0.691. The van der Waals surface area contributed by atoms with Gasteiger partial charge in [0.2, 0.25) is 10.0 Å². The Morgan fingerprint density at radius 1 is 1.19 bits per heavy atom. The molecule has 9 heteroatoms. The van der Waals surface area contributed by atoms with Crippen LogP contribution in [0.25, 0.3) is 10.6 Å². The second-order valence-corrected chi connectivity index (χ2v) is 8.09. The normalized spacial score (nSPS) is 11.5. The smallest absolute Gasteiger partial charge is 0.240 e. The molecule has 0 unspecified atom stereocenters. The zero-order chi connectivity index (χ0) is 18.6. The van der Waals surface area contributed by atoms with E-state index in [1.54, 1.807) is 23.7 Å². The van der Waals surface area contributed by atoms with Gasteiger partial charge in [0.05, 0.1) is 30.3 Å². The van der Waals surface area contributed by atoms with Crippen LogP contribution in [0.1, 0.15) is 5.69 Å². The van der Waals surface area contributed by atoms with Crippen molar-refractivity contribution >= 4 is 21.4 Å². The lowest BCUT2D eigenvalue weighted by molar-refractivity contribution is 0.354. The van der Waals surface area contributed by atoms with E-state index in [9.17, 15) is 8.42 Å². The van der Waals surface area contributed by atoms with Crippen molar-refractivity contribution in [2.45, 2.75) is 11.3 Å². The molecule has 0 fully saturated rings. The number of aromatic amines is 1. The van der Waals surface area contributed by atoms with E-state index in [1.165, 1.54) is 26.4 Å². The zero-order valence-electron chi connectivity index (χ0n) is 14.4. The maximum atomic E-state index is 12.5. The van der Waals surface area contributed by atoms with Gasteiger partial charge in [-0.15, -0.1) is 11.3 Å². The lowest BCUT2D eigenvalue weighted by Crippen LogP contribution is -2.26. The number of thiophene rings is 1. The highest BCUT2D eigenvalue weighted by Crippen LogP contribution is 2.29. The average molecular weight is 393 g/mol. The highest BCUT2D eigenvalue weighted by molar-refractivity contribution is 7.89. The average Bonchev–Trinajstić information content (AvgIpc) is 3.32. The van der Waals surface area contributed by atoms with Crippen LogP contribution in [0.3, 0.4) is 0 Å². The van der Waals surface area contributed by atoms with Crippen molar-refractivity contribution in [1.29, 1.82) is 0 Å². The van der Waals surface area contributed by atoms with Gasteiger partial charge in [-0.2, -0.15) is 0 Å². The molecule has 2 N–H and O–H groups in total. The number of imidazole rings is 1. The molecular weight excluding hydrogens is 374 g/mol. The fourth-order valence-corrected chi connectivity index (χ4v) is 4.31. The number of ether oxygens (including phenoxy) is 2. The second kappa shape index (κ2) is 7.90. The molecule has 2 aromatic heterocycles. The maximum absolute atomic E-state index is 12.5. The van der Waals surface area contributed by atoms with E-state index < -0.39 is 10.0 Å². The van der Waals surface area contributed by atoms with E-state index in [2.05, 4.69) is 14.7 Å². The number of rotatable bonds is 8. The molecule has 0 amide bonds. The summed E-state index contributed by atoms with van der Waals surface area (Å²) in [6.45, 7) is 0.247. The highest BCUT2D eigenvalue weighted by Gasteiger charge is 2.17. The van der Waals surface area contributed by atoms with Crippen LogP contribution in [0, 0.1) is 0 Å². The first-order chi connectivity index (χ1) is 12.5. The predicted octanol–water partition coefficient (Wildman–Crippen LogP) is 2.68. The number of hydrogen-bond donors (Lipinski definition) is 2. The highest BCUT2D eigenvalue weighted by atomic mass is 32.2. The summed E-state index contributed by atoms with van der Waals surface area (Å²) in [6, 6.07) is 8.43. The van der Waals surface area contributed by atoms with Crippen molar-refractivity contribution in [3.63, 3.8) is 0 Å². The van der Waals surface area contributed by atoms with Gasteiger partial charge in [0.15, 0.2) is 11.5 Å². The summed E-state index contributed by atoms with van der Waals surface area (Å²) in [5.41, 5.74) is 1.74. The van der Waals surface area contributed by atoms with Gasteiger partial charge in [-0.05, 0) is 23.6 Å². The van der Waals surface area contributed by atoms with Crippen molar-refractivity contribution in [2.24, 2.45) is 0 Å². The van der Waals surface area contributed by atoms with E-state index in [4.69, 9.17) is 9.47 Å². The molecule has 0 aliphatic carbocycles. The van der Waals surface area contributed by atoms with Gasteiger partial charge in [0.1, 0.15) is 5.69 Å². The van der Waals surface area contributed by atoms with Crippen LogP contribution >= 0.6 is 11.3 Å². The van der Waals surface area contributed by atoms with Gasteiger partial charge < -0.3 is 14.5 Å². The fourth-order valence-electron chi connectivity index (χ4n) is 2.51. The van der Waals surface area contributed by atoms with Gasteiger partial charge in [-0.1, -0.05) is 6.07 Å². The molecule has 0 radical (unpaired) electrons. The largest absolute Gasteiger partial charge is 0.493 e. The van der Waals surface area contributed by atoms with E-state index in [1.807, 2.05) is 17.5 Å². The molecule has 0 aliphatic rings. The lowest BCUT2D eigenvalue weighted by atomic mass is 10.2. The number of H-pyrrole nitrogens is 1. The molecule has 0 aliphatic heterocycles. The van der Waals surface area contributed by atoms with Crippen LogP contribution in [0.5, 0.6) is 11.5 Å². The number of sulfonamides is 1. The Morgan fingerprint density at radius 2 is 2.00 bits per heavy atom. The standard InChI is InChI=1S/C17H19N3O4S2/c1-23-14-6-5-12(10-15(14)24-2)26(21,22)20-8-7-13-17(19-11-18-13)16-4-3-9-25-16/h3-6,9-11,20H,7-8H2,1-2H3,(H,18,19). The number of hydrogen-bond acceptors (Lipinski definition) is 6. The zero-order valence-corrected chi connectivity index (χ0v) is 16.0. The third-order valence-corrected chi connectivity index (χ3v) is 6.14. The topological polar surface area (TPSA) is 93.3 Å². The lowest BCUT2D eigenvalue weighted by Gasteiger charge is -2.11. The molecule has 0 saturated heterocycles. The molecule has 2 heterocycles. The number of nitrogens with zero attached hydrogens (tertiary/aromatic N) is 1. The third-order valence-electron chi connectivity index (χ3n) is 3.81. The van der Waals surface area contributed by atoms with Gasteiger partial charge in [0.25, 0.3) is 0 Å². The fraction of sp³-hybridized carbons (Fsp3) is 0.235. The summed E-state index contributed by atoms with van der Waals surface area (Å²) in [5.74, 6) is 0.841. The number of nitrogens with one attached hydrogen (secondary N) is 2. The van der Waals surface area contributed by atoms with Crippen molar-refractivity contribution < 1.29 is 17.9 Å². The monoisotopic (exact) mass is 393 g/mol. The molecule has 0 saturated carbocycles. The first-order valence-electron chi connectivity index (χ1n) is 7.83. The maximum Gasteiger partial charge on any atom is 0.240 e. The van der Waals surface area contributed by atoms with Gasteiger partial charge in [0, 0.05) is 24.7 Å². The number of benzene rings is 1. The van der Waals surface area contributed by atoms with Crippen LogP contribution in [-0.2, 0) is 16.4 Å². The van der Waals surface area contributed by atoms with E-state index in [0.717, 1.165) is 16.3 Å². The van der Waals surface area contributed by atoms with Crippen molar-refractivity contribution in [2.75, 3.05) is 20.8 Å². The summed E-state index contributed by atoms with van der Waals surface area (Å²) >= 11 is 1.59. The Labute approximate surface area is 156 Å². The molecule has 1 aromatic carbocycles. The Balaban J connectivity index is 1.69. The second-order valence-electron chi connectivity index (χ2n) is 5.37. The Hall–Kier alpha value is -2.36. The molecule has 0 atom stereocenters. The van der Waals surface area contributed by atoms with Gasteiger partial charge >= 0.3 is 0 Å². The van der Waals surface area contributed by atoms with Crippen molar-refractivity contribution in [1.82, 2.24) is 14.7 Å². The van der Waals surface area contributed by atoms with Crippen LogP contribution < -0.4 is 14.2 Å². The number of methoxy groups -OCH3 is 2. The molecule has 3 rings (SSSR count). The summed E-state index contributed by atoms with van der Waals surface area (Å²) in [5, 5.41) is 1.98. The summed E-state index contributed by atoms with van der Waals surface area (Å²) in [4.78, 5) is 8.57. The first-order valence-corrected chi connectivity index (χ1v) is 10.2. The van der Waals surface area contributed by atoms with Crippen LogP contribution in [0.2, 0.25) is 0 Å². The molecule has 7 nitrogen and oxygen atoms in total. The van der Waals surface area contributed by atoms with Gasteiger partial charge in [-0.25, -0.2) is 18.1 Å². The minimum absolute atomic E-state index is 0.123. The van der Waals surface area contributed by atoms with Crippen LogP contribution in [0.15, 0.2) is 46.9 Å². The first kappa shape index (κ1) is 18.4. The molecule has 26 heavy (non-hydrogen) atoms. The van der Waals surface area contributed by atoms with E-state index in [0.29, 0.717) is 17.9 Å². The third kappa shape index (κ3) is 3.90. The predicted molar refractivity (Wildman–Crippen MR) is 100 cm³/mol. The quantitative estimate of drug-likeness (QED) is 0.614. The van der Waals surface area contributed by atoms with Crippen LogP contribution in [-0.4, -0.2) is 39.2 Å². The Kier molecular flexibility index (Phi) is 5.60. The Morgan fingerprint density at radius 3 is 2.69 bits per heavy atom. The summed E-state index contributed by atoms with van der Waals surface area (Å²) in [6.07, 6.45) is 2.12. The van der Waals surface area contributed by atoms with Crippen molar-refractivity contribution in [3.8, 4) is 22.1 Å². The Bertz CT molecular complexity index is 966. The van der Waals surface area contributed by atoms with Crippen molar-refractivity contribution in [3.05, 3.63) is 47.7 Å². The molecular formula is C17H19N3O4S2. The van der Waals surface area contributed by atoms with E-state index >= 15 is 0 Å². The molecule has 0 spiro atoms. The molecule has 138 valence electrons. The minimum Gasteiger partial charge on any atom is -0.493 e.